The lowest BCUT2D eigenvalue weighted by atomic mass is 10.1. The maximum Gasteiger partial charge on any atom is 0.255 e. The minimum absolute atomic E-state index is 0.238. The van der Waals surface area contributed by atoms with E-state index in [4.69, 9.17) is 5.73 Å². The molecule has 0 atom stereocenters. The number of nitrogens with one attached hydrogen (secondary N) is 3. The Morgan fingerprint density at radius 3 is 2.59 bits per heavy atom. The molecule has 186 valence electrons. The lowest BCUT2D eigenvalue weighted by molar-refractivity contribution is 0.102. The minimum Gasteiger partial charge on any atom is -0.397 e. The van der Waals surface area contributed by atoms with Crippen molar-refractivity contribution < 1.29 is 4.79 Å². The highest BCUT2D eigenvalue weighted by molar-refractivity contribution is 7.13. The number of carbonyl (C=O) groups excluding carboxylic acids is 1. The van der Waals surface area contributed by atoms with Crippen molar-refractivity contribution in [3.63, 3.8) is 0 Å². The monoisotopic (exact) mass is 509 g/mol. The fraction of sp³-hybridized carbons (Fsp3) is 0.143. The summed E-state index contributed by atoms with van der Waals surface area (Å²) in [5, 5.41) is 16.6. The Labute approximate surface area is 219 Å². The molecule has 0 aliphatic carbocycles. The Kier molecular flexibility index (Phi) is 6.70. The van der Waals surface area contributed by atoms with E-state index < -0.39 is 0 Å². The van der Waals surface area contributed by atoms with Crippen molar-refractivity contribution in [1.82, 2.24) is 20.2 Å². The molecular weight excluding hydrogens is 482 g/mol. The van der Waals surface area contributed by atoms with E-state index in [0.717, 1.165) is 38.9 Å². The number of amides is 1. The number of nitrogens with zero attached hydrogens (tertiary/aromatic N) is 3. The molecule has 0 bridgehead atoms. The number of rotatable bonds is 7. The van der Waals surface area contributed by atoms with Gasteiger partial charge in [0.05, 0.1) is 23.3 Å². The van der Waals surface area contributed by atoms with Crippen LogP contribution in [0.5, 0.6) is 0 Å². The van der Waals surface area contributed by atoms with E-state index >= 15 is 0 Å². The second-order valence-electron chi connectivity index (χ2n) is 9.00. The van der Waals surface area contributed by atoms with Crippen LogP contribution in [0.2, 0.25) is 0 Å². The summed E-state index contributed by atoms with van der Waals surface area (Å²) in [5.41, 5.74) is 12.3. The number of imidazole rings is 1. The average molecular weight is 510 g/mol. The summed E-state index contributed by atoms with van der Waals surface area (Å²) in [7, 11) is 0. The number of H-pyrrole nitrogens is 1. The summed E-state index contributed by atoms with van der Waals surface area (Å²) in [6.07, 6.45) is 1.71. The number of aromatic amines is 1. The summed E-state index contributed by atoms with van der Waals surface area (Å²) < 4.78 is 0. The van der Waals surface area contributed by atoms with Crippen LogP contribution in [0.4, 0.5) is 22.9 Å². The lowest BCUT2D eigenvalue weighted by Gasteiger charge is -2.11. The summed E-state index contributed by atoms with van der Waals surface area (Å²) in [4.78, 5) is 22.0. The van der Waals surface area contributed by atoms with Gasteiger partial charge in [-0.1, -0.05) is 26.0 Å². The molecular formula is C28H27N7OS. The molecule has 0 unspecified atom stereocenters. The Balaban J connectivity index is 1.30. The van der Waals surface area contributed by atoms with Gasteiger partial charge in [-0.15, -0.1) is 16.4 Å². The van der Waals surface area contributed by atoms with Crippen LogP contribution >= 0.6 is 11.3 Å². The van der Waals surface area contributed by atoms with Crippen molar-refractivity contribution in [3.8, 4) is 21.7 Å². The first-order valence-corrected chi connectivity index (χ1v) is 12.8. The van der Waals surface area contributed by atoms with Gasteiger partial charge in [0.15, 0.2) is 5.82 Å². The molecule has 5 aromatic rings. The van der Waals surface area contributed by atoms with Crippen molar-refractivity contribution in [2.75, 3.05) is 16.4 Å². The predicted molar refractivity (Wildman–Crippen MR) is 150 cm³/mol. The summed E-state index contributed by atoms with van der Waals surface area (Å²) in [5.74, 6) is 1.51. The van der Waals surface area contributed by atoms with Gasteiger partial charge in [0.2, 0.25) is 0 Å². The number of hydrogen-bond acceptors (Lipinski definition) is 7. The van der Waals surface area contributed by atoms with Crippen LogP contribution in [-0.2, 0) is 0 Å². The molecule has 37 heavy (non-hydrogen) atoms. The van der Waals surface area contributed by atoms with Gasteiger partial charge in [-0.2, -0.15) is 5.10 Å². The minimum atomic E-state index is -0.238. The zero-order chi connectivity index (χ0) is 25.9. The lowest BCUT2D eigenvalue weighted by Crippen LogP contribution is -2.13. The number of aromatic nitrogens is 4. The molecule has 9 heteroatoms. The summed E-state index contributed by atoms with van der Waals surface area (Å²) in [6, 6.07) is 18.8. The van der Waals surface area contributed by atoms with E-state index in [0.29, 0.717) is 28.7 Å². The Hall–Kier alpha value is -4.50. The van der Waals surface area contributed by atoms with Crippen molar-refractivity contribution in [3.05, 3.63) is 89.3 Å². The number of carbonyl (C=O) groups is 1. The van der Waals surface area contributed by atoms with Crippen LogP contribution in [-0.4, -0.2) is 26.1 Å². The quantitative estimate of drug-likeness (QED) is 0.183. The van der Waals surface area contributed by atoms with Gasteiger partial charge in [-0.3, -0.25) is 4.79 Å². The zero-order valence-corrected chi connectivity index (χ0v) is 21.6. The highest BCUT2D eigenvalue weighted by Crippen LogP contribution is 2.31. The maximum atomic E-state index is 12.9. The first kappa shape index (κ1) is 24.2. The predicted octanol–water partition coefficient (Wildman–Crippen LogP) is 6.61. The molecule has 0 saturated carbocycles. The van der Waals surface area contributed by atoms with Crippen molar-refractivity contribution in [2.24, 2.45) is 0 Å². The van der Waals surface area contributed by atoms with Crippen LogP contribution in [0, 0.1) is 6.92 Å². The second kappa shape index (κ2) is 10.2. The molecule has 8 nitrogen and oxygen atoms in total. The van der Waals surface area contributed by atoms with Crippen LogP contribution in [0.3, 0.4) is 0 Å². The average Bonchev–Trinajstić information content (AvgIpc) is 3.56. The molecule has 1 amide bonds. The van der Waals surface area contributed by atoms with E-state index in [1.54, 1.807) is 35.7 Å². The third-order valence-corrected chi connectivity index (χ3v) is 6.80. The SMILES string of the molecule is Cc1nc(-c2cnnc(Nc3ccc(C(=O)Nc4cc(-c5cccs5)ccc4N)cc3)c2)c(C(C)C)[nH]1. The zero-order valence-electron chi connectivity index (χ0n) is 20.7. The van der Waals surface area contributed by atoms with Crippen molar-refractivity contribution in [2.45, 2.75) is 26.7 Å². The van der Waals surface area contributed by atoms with Crippen LogP contribution in [0.15, 0.2) is 72.2 Å². The molecule has 0 aliphatic heterocycles. The number of nitrogens with two attached hydrogens (primary N) is 1. The smallest absolute Gasteiger partial charge is 0.255 e. The van der Waals surface area contributed by atoms with Gasteiger partial charge in [0, 0.05) is 27.4 Å². The topological polar surface area (TPSA) is 122 Å². The number of anilines is 4. The van der Waals surface area contributed by atoms with Crippen LogP contribution in [0.1, 0.15) is 41.6 Å². The summed E-state index contributed by atoms with van der Waals surface area (Å²) in [6.45, 7) is 6.18. The molecule has 3 heterocycles. The Morgan fingerprint density at radius 1 is 1.05 bits per heavy atom. The first-order chi connectivity index (χ1) is 17.9. The standard InChI is InChI=1S/C28H27N7OS/c1-16(2)26-27(32-17(3)31-26)20-14-25(35-30-15-20)33-21-9-6-18(7-10-21)28(36)34-23-13-19(8-11-22(23)29)24-5-4-12-37-24/h4-16H,29H2,1-3H3,(H,31,32)(H,33,35)(H,34,36). The Bertz CT molecular complexity index is 1540. The summed E-state index contributed by atoms with van der Waals surface area (Å²) >= 11 is 1.64. The molecule has 0 radical (unpaired) electrons. The first-order valence-electron chi connectivity index (χ1n) is 11.9. The fourth-order valence-electron chi connectivity index (χ4n) is 4.01. The highest BCUT2D eigenvalue weighted by atomic mass is 32.1. The Morgan fingerprint density at radius 2 is 1.86 bits per heavy atom. The molecule has 0 aliphatic rings. The number of benzene rings is 2. The normalized spacial score (nSPS) is 11.0. The number of thiophene rings is 1. The maximum absolute atomic E-state index is 12.9. The van der Waals surface area contributed by atoms with E-state index in [9.17, 15) is 4.79 Å². The van der Waals surface area contributed by atoms with Crippen molar-refractivity contribution >= 4 is 40.1 Å². The molecule has 0 spiro atoms. The highest BCUT2D eigenvalue weighted by Gasteiger charge is 2.15. The molecule has 0 fully saturated rings. The van der Waals surface area contributed by atoms with Gasteiger partial charge >= 0.3 is 0 Å². The third-order valence-electron chi connectivity index (χ3n) is 5.88. The molecule has 5 rings (SSSR count). The van der Waals surface area contributed by atoms with E-state index in [1.165, 1.54) is 0 Å². The van der Waals surface area contributed by atoms with Gasteiger partial charge in [-0.25, -0.2) is 4.98 Å². The largest absolute Gasteiger partial charge is 0.397 e. The number of nitrogen functional groups attached to an aromatic ring is 1. The fourth-order valence-corrected chi connectivity index (χ4v) is 4.74. The van der Waals surface area contributed by atoms with Gasteiger partial charge in [0.25, 0.3) is 5.91 Å². The van der Waals surface area contributed by atoms with Gasteiger partial charge < -0.3 is 21.4 Å². The van der Waals surface area contributed by atoms with E-state index in [2.05, 4.69) is 44.6 Å². The molecule has 2 aromatic carbocycles. The van der Waals surface area contributed by atoms with E-state index in [-0.39, 0.29) is 5.91 Å². The molecule has 3 aromatic heterocycles. The second-order valence-corrected chi connectivity index (χ2v) is 9.95. The number of hydrogen-bond donors (Lipinski definition) is 4. The van der Waals surface area contributed by atoms with Crippen LogP contribution in [0.25, 0.3) is 21.7 Å². The van der Waals surface area contributed by atoms with E-state index in [1.807, 2.05) is 54.8 Å². The van der Waals surface area contributed by atoms with Gasteiger partial charge in [-0.05, 0) is 72.3 Å². The molecule has 0 saturated heterocycles. The van der Waals surface area contributed by atoms with Crippen LogP contribution < -0.4 is 16.4 Å². The van der Waals surface area contributed by atoms with Gasteiger partial charge in [0.1, 0.15) is 5.82 Å². The number of aryl methyl sites for hydroxylation is 1. The molecule has 5 N–H and O–H groups in total. The third kappa shape index (κ3) is 5.36. The van der Waals surface area contributed by atoms with Crippen molar-refractivity contribution in [1.29, 1.82) is 0 Å².